The fourth-order valence-electron chi connectivity index (χ4n) is 3.29. The van der Waals surface area contributed by atoms with Crippen molar-refractivity contribution in [1.82, 2.24) is 19.7 Å². The van der Waals surface area contributed by atoms with Crippen molar-refractivity contribution < 1.29 is 4.79 Å². The Labute approximate surface area is 190 Å². The number of nitriles is 1. The second kappa shape index (κ2) is 8.48. The molecule has 3 aromatic rings. The summed E-state index contributed by atoms with van der Waals surface area (Å²) in [6.45, 7) is 5.78. The van der Waals surface area contributed by atoms with Crippen LogP contribution in [0.4, 0.5) is 10.1 Å². The average Bonchev–Trinajstić information content (AvgIpc) is 3.42. The molecule has 8 nitrogen and oxygen atoms in total. The Morgan fingerprint density at radius 3 is 2.59 bits per heavy atom. The van der Waals surface area contributed by atoms with Gasteiger partial charge in [-0.25, -0.2) is 15.0 Å². The second-order valence-electron chi connectivity index (χ2n) is 7.80. The van der Waals surface area contributed by atoms with Crippen LogP contribution in [-0.2, 0) is 0 Å². The fraction of sp³-hybridized carbons (Fsp3) is 0.304. The molecule has 162 valence electrons. The van der Waals surface area contributed by atoms with Crippen LogP contribution in [0.25, 0.3) is 11.3 Å². The highest BCUT2D eigenvalue weighted by Gasteiger charge is 2.33. The van der Waals surface area contributed by atoms with Gasteiger partial charge in [-0.1, -0.05) is 55.5 Å². The number of rotatable bonds is 5. The van der Waals surface area contributed by atoms with Gasteiger partial charge in [0.1, 0.15) is 28.0 Å². The minimum atomic E-state index is -0.470. The van der Waals surface area contributed by atoms with Crippen LogP contribution in [0.2, 0.25) is 0 Å². The van der Waals surface area contributed by atoms with Gasteiger partial charge in [0, 0.05) is 31.1 Å². The molecule has 9 heteroatoms. The van der Waals surface area contributed by atoms with E-state index >= 15 is 0 Å². The van der Waals surface area contributed by atoms with E-state index in [0.717, 1.165) is 22.8 Å². The number of anilines is 1. The first-order chi connectivity index (χ1) is 15.3. The molecule has 32 heavy (non-hydrogen) atoms. The smallest absolute Gasteiger partial charge is 0.291 e. The van der Waals surface area contributed by atoms with E-state index in [2.05, 4.69) is 10.1 Å². The first-order valence-corrected chi connectivity index (χ1v) is 11.1. The molecule has 0 saturated carbocycles. The summed E-state index contributed by atoms with van der Waals surface area (Å²) in [5.41, 5.74) is 2.66. The first-order valence-electron chi connectivity index (χ1n) is 10.3. The van der Waals surface area contributed by atoms with Crippen molar-refractivity contribution in [2.24, 2.45) is 4.99 Å². The molecule has 1 unspecified atom stereocenters. The zero-order valence-corrected chi connectivity index (χ0v) is 19.4. The Morgan fingerprint density at radius 2 is 1.97 bits per heavy atom. The van der Waals surface area contributed by atoms with Crippen molar-refractivity contribution in [3.63, 3.8) is 0 Å². The molecule has 0 fully saturated rings. The van der Waals surface area contributed by atoms with E-state index in [1.807, 2.05) is 69.2 Å². The van der Waals surface area contributed by atoms with Crippen molar-refractivity contribution in [2.45, 2.75) is 33.1 Å². The van der Waals surface area contributed by atoms with Crippen LogP contribution in [0.15, 0.2) is 46.5 Å². The lowest BCUT2D eigenvalue weighted by molar-refractivity contribution is 0.0941. The third-order valence-electron chi connectivity index (χ3n) is 5.38. The second-order valence-corrected chi connectivity index (χ2v) is 8.76. The van der Waals surface area contributed by atoms with E-state index in [1.54, 1.807) is 6.92 Å². The predicted molar refractivity (Wildman–Crippen MR) is 126 cm³/mol. The number of carbonyl (C=O) groups excluding carboxylic acids is 1. The molecule has 0 aliphatic carbocycles. The third-order valence-corrected chi connectivity index (χ3v) is 6.49. The van der Waals surface area contributed by atoms with E-state index < -0.39 is 5.91 Å². The van der Waals surface area contributed by atoms with Crippen LogP contribution < -0.4 is 4.90 Å². The molecule has 0 radical (unpaired) electrons. The molecule has 1 aliphatic heterocycles. The van der Waals surface area contributed by atoms with E-state index in [1.165, 1.54) is 16.0 Å². The van der Waals surface area contributed by atoms with Crippen molar-refractivity contribution in [2.75, 3.05) is 19.0 Å². The summed E-state index contributed by atoms with van der Waals surface area (Å²) in [6.07, 6.45) is 0.834. The monoisotopic (exact) mass is 445 g/mol. The molecule has 0 saturated heterocycles. The zero-order valence-electron chi connectivity index (χ0n) is 18.6. The Balaban J connectivity index is 1.96. The van der Waals surface area contributed by atoms with Crippen LogP contribution in [0.5, 0.6) is 0 Å². The number of thiazole rings is 1. The first kappa shape index (κ1) is 21.6. The number of hydrogen-bond acceptors (Lipinski definition) is 8. The SMILES string of the molecule is CCC(C)c1nc2n(n1)C(=O)C(C#N)=C(C)/C2=N/c1sc(N(C)C)nc1-c1ccccc1. The standard InChI is InChI=1S/C23H23N7OS/c1-6-13(2)19-27-20-17(14(3)16(12-24)22(31)30(20)28-19)25-21-18(15-10-8-7-9-11-15)26-23(32-21)29(4)5/h7-11,13H,6H2,1-5H3/b25-17-. The number of fused-ring (bicyclic) bond motifs is 1. The molecular formula is C23H23N7OS. The van der Waals surface area contributed by atoms with Gasteiger partial charge in [-0.3, -0.25) is 4.79 Å². The van der Waals surface area contributed by atoms with Crippen LogP contribution in [0, 0.1) is 11.3 Å². The number of allylic oxidation sites excluding steroid dienone is 2. The van der Waals surface area contributed by atoms with Crippen molar-refractivity contribution in [3.8, 4) is 17.3 Å². The van der Waals surface area contributed by atoms with Gasteiger partial charge in [0.2, 0.25) is 0 Å². The highest BCUT2D eigenvalue weighted by atomic mass is 32.1. The lowest BCUT2D eigenvalue weighted by Gasteiger charge is -2.14. The highest BCUT2D eigenvalue weighted by Crippen LogP contribution is 2.40. The largest absolute Gasteiger partial charge is 0.354 e. The maximum absolute atomic E-state index is 12.9. The van der Waals surface area contributed by atoms with Gasteiger partial charge in [-0.05, 0) is 13.3 Å². The molecule has 2 aromatic heterocycles. The van der Waals surface area contributed by atoms with Gasteiger partial charge >= 0.3 is 0 Å². The number of nitrogens with zero attached hydrogens (tertiary/aromatic N) is 7. The topological polar surface area (TPSA) is 100 Å². The minimum absolute atomic E-state index is 0.0236. The fourth-order valence-corrected chi connectivity index (χ4v) is 4.18. The summed E-state index contributed by atoms with van der Waals surface area (Å²) in [5.74, 6) is 0.539. The molecule has 3 heterocycles. The number of aromatic nitrogens is 4. The number of benzene rings is 1. The van der Waals surface area contributed by atoms with E-state index in [0.29, 0.717) is 27.9 Å². The zero-order chi connectivity index (χ0) is 23.0. The molecule has 1 aliphatic rings. The van der Waals surface area contributed by atoms with E-state index in [9.17, 15) is 10.1 Å². The molecule has 1 atom stereocenters. The van der Waals surface area contributed by atoms with Crippen LogP contribution >= 0.6 is 11.3 Å². The molecule has 0 spiro atoms. The van der Waals surface area contributed by atoms with Gasteiger partial charge in [0.25, 0.3) is 5.91 Å². The van der Waals surface area contributed by atoms with Crippen LogP contribution in [-0.4, -0.2) is 45.5 Å². The third kappa shape index (κ3) is 3.63. The molecule has 1 aromatic carbocycles. The Bertz CT molecular complexity index is 1290. The Kier molecular flexibility index (Phi) is 5.72. The minimum Gasteiger partial charge on any atom is -0.354 e. The van der Waals surface area contributed by atoms with Gasteiger partial charge in [0.05, 0.1) is 0 Å². The Morgan fingerprint density at radius 1 is 1.25 bits per heavy atom. The molecule has 0 N–H and O–H groups in total. The van der Waals surface area contributed by atoms with Crippen molar-refractivity contribution in [1.29, 1.82) is 5.26 Å². The quantitative estimate of drug-likeness (QED) is 0.569. The summed E-state index contributed by atoms with van der Waals surface area (Å²) in [5, 5.41) is 15.5. The average molecular weight is 446 g/mol. The predicted octanol–water partition coefficient (Wildman–Crippen LogP) is 4.60. The van der Waals surface area contributed by atoms with Gasteiger partial charge in [-0.2, -0.15) is 9.94 Å². The van der Waals surface area contributed by atoms with Gasteiger partial charge < -0.3 is 4.90 Å². The lowest BCUT2D eigenvalue weighted by atomic mass is 10.0. The lowest BCUT2D eigenvalue weighted by Crippen LogP contribution is -2.28. The molecule has 4 rings (SSSR count). The van der Waals surface area contributed by atoms with Crippen molar-refractivity contribution >= 4 is 33.1 Å². The van der Waals surface area contributed by atoms with E-state index in [4.69, 9.17) is 9.98 Å². The van der Waals surface area contributed by atoms with Gasteiger partial charge in [0.15, 0.2) is 16.8 Å². The number of hydrogen-bond donors (Lipinski definition) is 0. The molecular weight excluding hydrogens is 422 g/mol. The molecule has 0 bridgehead atoms. The van der Waals surface area contributed by atoms with E-state index in [-0.39, 0.29) is 11.5 Å². The molecule has 0 amide bonds. The summed E-state index contributed by atoms with van der Waals surface area (Å²) in [4.78, 5) is 29.1. The maximum atomic E-state index is 12.9. The maximum Gasteiger partial charge on any atom is 0.291 e. The van der Waals surface area contributed by atoms with Gasteiger partial charge in [-0.15, -0.1) is 5.10 Å². The highest BCUT2D eigenvalue weighted by molar-refractivity contribution is 7.19. The number of aliphatic imine (C=N–C) groups is 1. The summed E-state index contributed by atoms with van der Waals surface area (Å²) < 4.78 is 1.21. The van der Waals surface area contributed by atoms with Crippen LogP contribution in [0.1, 0.15) is 49.6 Å². The summed E-state index contributed by atoms with van der Waals surface area (Å²) in [6, 6.07) is 11.8. The number of carbonyl (C=O) groups is 1. The summed E-state index contributed by atoms with van der Waals surface area (Å²) >= 11 is 1.44. The van der Waals surface area contributed by atoms with Crippen LogP contribution in [0.3, 0.4) is 0 Å². The summed E-state index contributed by atoms with van der Waals surface area (Å²) in [7, 11) is 3.86. The van der Waals surface area contributed by atoms with Crippen molar-refractivity contribution in [3.05, 3.63) is 53.1 Å². The normalized spacial score (nSPS) is 15.6. The Hall–Kier alpha value is -3.64.